The molecule has 2 heterocycles. The van der Waals surface area contributed by atoms with Crippen LogP contribution >= 0.6 is 11.3 Å². The molecule has 0 spiro atoms. The van der Waals surface area contributed by atoms with Gasteiger partial charge in [-0.25, -0.2) is 9.29 Å². The number of amides is 2. The normalized spacial score (nSPS) is 17.0. The van der Waals surface area contributed by atoms with Gasteiger partial charge in [0.05, 0.1) is 6.54 Å². The van der Waals surface area contributed by atoms with Gasteiger partial charge in [0.2, 0.25) is 0 Å². The minimum absolute atomic E-state index is 0.0570. The number of nitrogens with two attached hydrogens (primary N) is 2. The summed E-state index contributed by atoms with van der Waals surface area (Å²) < 4.78 is 36.8. The molecule has 0 bridgehead atoms. The van der Waals surface area contributed by atoms with Crippen LogP contribution in [-0.4, -0.2) is 70.9 Å². The molecule has 0 aliphatic carbocycles. The molecule has 7 N–H and O–H groups in total. The van der Waals surface area contributed by atoms with E-state index in [9.17, 15) is 18.0 Å². The van der Waals surface area contributed by atoms with Crippen LogP contribution in [0.2, 0.25) is 0 Å². The third kappa shape index (κ3) is 5.97. The van der Waals surface area contributed by atoms with E-state index in [1.165, 1.54) is 5.38 Å². The van der Waals surface area contributed by atoms with Gasteiger partial charge >= 0.3 is 10.3 Å². The number of aromatic nitrogens is 1. The van der Waals surface area contributed by atoms with Crippen LogP contribution in [0.5, 0.6) is 5.75 Å². The first-order valence-electron chi connectivity index (χ1n) is 9.58. The quantitative estimate of drug-likeness (QED) is 0.0888. The molecule has 1 saturated heterocycles. The van der Waals surface area contributed by atoms with Crippen molar-refractivity contribution < 1.29 is 32.1 Å². The Morgan fingerprint density at radius 2 is 2.12 bits per heavy atom. The number of anilines is 1. The lowest BCUT2D eigenvalue weighted by molar-refractivity contribution is -0.139. The lowest BCUT2D eigenvalue weighted by Crippen LogP contribution is -2.65. The molecule has 3 rings (SSSR count). The van der Waals surface area contributed by atoms with E-state index in [2.05, 4.69) is 15.5 Å². The number of nitrogen functional groups attached to an aromatic ring is 2. The lowest BCUT2D eigenvalue weighted by Gasteiger charge is -2.35. The Morgan fingerprint density at radius 3 is 2.65 bits per heavy atom. The second kappa shape index (κ2) is 10.0. The van der Waals surface area contributed by atoms with Crippen molar-refractivity contribution in [2.75, 3.05) is 18.9 Å². The zero-order chi connectivity index (χ0) is 25.0. The summed E-state index contributed by atoms with van der Waals surface area (Å²) >= 11 is 1.05. The molecule has 2 aromatic rings. The Balaban J connectivity index is 1.63. The van der Waals surface area contributed by atoms with Crippen LogP contribution in [0, 0.1) is 5.41 Å². The summed E-state index contributed by atoms with van der Waals surface area (Å²) in [6, 6.07) is 5.35. The van der Waals surface area contributed by atoms with Gasteiger partial charge in [-0.15, -0.1) is 11.3 Å². The van der Waals surface area contributed by atoms with Crippen molar-refractivity contribution in [2.45, 2.75) is 19.1 Å². The average Bonchev–Trinajstić information content (AvgIpc) is 3.19. The average molecular weight is 512 g/mol. The number of hydrogen-bond acceptors (Lipinski definition) is 11. The third-order valence-corrected chi connectivity index (χ3v) is 5.99. The highest BCUT2D eigenvalue weighted by Gasteiger charge is 2.45. The molecule has 0 saturated carbocycles. The number of oxime groups is 1. The van der Waals surface area contributed by atoms with E-state index in [0.29, 0.717) is 11.3 Å². The summed E-state index contributed by atoms with van der Waals surface area (Å²) in [5, 5.41) is 15.2. The number of amidine groups is 1. The van der Waals surface area contributed by atoms with Gasteiger partial charge in [0.25, 0.3) is 11.8 Å². The zero-order valence-electron chi connectivity index (χ0n) is 17.7. The molecule has 2 amide bonds. The van der Waals surface area contributed by atoms with Crippen molar-refractivity contribution in [2.24, 2.45) is 10.9 Å². The van der Waals surface area contributed by atoms with Crippen molar-refractivity contribution in [3.05, 3.63) is 40.9 Å². The summed E-state index contributed by atoms with van der Waals surface area (Å²) in [6.45, 7) is 1.27. The SMILES string of the molecule is CC(COc1ccc(C(=N)N)cc1)O/N=C(\C(=O)N[C@H]1CN(S(=O)(=O)O)C1=O)c1csc(N)n1. The number of hydrogen-bond donors (Lipinski definition) is 5. The van der Waals surface area contributed by atoms with E-state index in [4.69, 9.17) is 31.0 Å². The molecule has 34 heavy (non-hydrogen) atoms. The van der Waals surface area contributed by atoms with Gasteiger partial charge in [-0.05, 0) is 31.2 Å². The van der Waals surface area contributed by atoms with Crippen molar-refractivity contribution in [3.63, 3.8) is 0 Å². The molecule has 2 atom stereocenters. The molecule has 16 heteroatoms. The van der Waals surface area contributed by atoms with E-state index < -0.39 is 40.8 Å². The maximum Gasteiger partial charge on any atom is 0.362 e. The molecular formula is C18H21N7O7S2. The molecular weight excluding hydrogens is 490 g/mol. The van der Waals surface area contributed by atoms with E-state index in [0.717, 1.165) is 11.3 Å². The van der Waals surface area contributed by atoms with Gasteiger partial charge < -0.3 is 26.4 Å². The van der Waals surface area contributed by atoms with Crippen molar-refractivity contribution in [1.29, 1.82) is 5.41 Å². The minimum Gasteiger partial charge on any atom is -0.490 e. The molecule has 182 valence electrons. The molecule has 1 unspecified atom stereocenters. The van der Waals surface area contributed by atoms with Crippen LogP contribution in [-0.2, 0) is 24.7 Å². The van der Waals surface area contributed by atoms with E-state index in [1.54, 1.807) is 31.2 Å². The first-order chi connectivity index (χ1) is 16.0. The number of ether oxygens (including phenoxy) is 1. The van der Waals surface area contributed by atoms with Crippen molar-refractivity contribution >= 4 is 50.1 Å². The van der Waals surface area contributed by atoms with Gasteiger partial charge in [0, 0.05) is 10.9 Å². The smallest absolute Gasteiger partial charge is 0.362 e. The second-order valence-electron chi connectivity index (χ2n) is 7.05. The first-order valence-corrected chi connectivity index (χ1v) is 11.9. The highest BCUT2D eigenvalue weighted by atomic mass is 32.2. The van der Waals surface area contributed by atoms with Gasteiger partial charge in [-0.2, -0.15) is 8.42 Å². The lowest BCUT2D eigenvalue weighted by atomic mass is 10.1. The molecule has 1 aromatic carbocycles. The standard InChI is InChI=1S/C18H21N7O7S2/c1-9(7-31-11-4-2-10(3-5-11)15(19)20)32-24-14(13-8-33-18(21)23-13)16(26)22-12-6-25(17(12)27)34(28,29)30/h2-5,8-9,12H,6-7H2,1H3,(H3,19,20)(H2,21,23)(H,22,26)(H,28,29,30)/b24-14-/t9?,12-/m0/s1. The first kappa shape index (κ1) is 24.9. The van der Waals surface area contributed by atoms with Gasteiger partial charge in [0.15, 0.2) is 16.9 Å². The predicted octanol–water partition coefficient (Wildman–Crippen LogP) is -0.673. The monoisotopic (exact) mass is 511 g/mol. The van der Waals surface area contributed by atoms with Crippen molar-refractivity contribution in [3.8, 4) is 5.75 Å². The summed E-state index contributed by atoms with van der Waals surface area (Å²) in [7, 11) is -4.69. The van der Waals surface area contributed by atoms with Crippen LogP contribution in [0.25, 0.3) is 0 Å². The molecule has 1 fully saturated rings. The Kier molecular flexibility index (Phi) is 7.33. The Morgan fingerprint density at radius 1 is 1.44 bits per heavy atom. The summed E-state index contributed by atoms with van der Waals surface area (Å²) in [5.74, 6) is -1.42. The van der Waals surface area contributed by atoms with Gasteiger partial charge in [-0.1, -0.05) is 5.16 Å². The van der Waals surface area contributed by atoms with Crippen LogP contribution < -0.4 is 21.5 Å². The number of rotatable bonds is 10. The fourth-order valence-corrected chi connectivity index (χ4v) is 3.90. The molecule has 1 aliphatic heterocycles. The maximum absolute atomic E-state index is 12.7. The Hall–Kier alpha value is -3.76. The fraction of sp³-hybridized carbons (Fsp3) is 0.278. The topological polar surface area (TPSA) is 223 Å². The Bertz CT molecular complexity index is 1230. The minimum atomic E-state index is -4.69. The van der Waals surface area contributed by atoms with E-state index in [-0.39, 0.29) is 33.3 Å². The molecule has 14 nitrogen and oxygen atoms in total. The summed E-state index contributed by atoms with van der Waals surface area (Å²) in [6.07, 6.45) is -0.619. The number of β-lactam (4-membered cyclic amide) rings is 1. The maximum atomic E-state index is 12.7. The number of nitrogens with one attached hydrogen (secondary N) is 2. The third-order valence-electron chi connectivity index (χ3n) is 4.43. The van der Waals surface area contributed by atoms with E-state index in [1.807, 2.05) is 0 Å². The number of thiazole rings is 1. The number of carbonyl (C=O) groups is 2. The van der Waals surface area contributed by atoms with Crippen LogP contribution in [0.15, 0.2) is 34.8 Å². The highest BCUT2D eigenvalue weighted by Crippen LogP contribution is 2.17. The number of benzene rings is 1. The second-order valence-corrected chi connectivity index (χ2v) is 9.28. The molecule has 1 aliphatic rings. The summed E-state index contributed by atoms with van der Waals surface area (Å²) in [5.41, 5.74) is 11.4. The predicted molar refractivity (Wildman–Crippen MR) is 122 cm³/mol. The Labute approximate surface area is 197 Å². The van der Waals surface area contributed by atoms with E-state index >= 15 is 0 Å². The van der Waals surface area contributed by atoms with Gasteiger partial charge in [0.1, 0.15) is 29.9 Å². The number of carbonyl (C=O) groups excluding carboxylic acids is 2. The molecule has 0 radical (unpaired) electrons. The summed E-state index contributed by atoms with van der Waals surface area (Å²) in [4.78, 5) is 33.9. The van der Waals surface area contributed by atoms with Gasteiger partial charge in [-0.3, -0.25) is 19.6 Å². The fourth-order valence-electron chi connectivity index (χ4n) is 2.66. The zero-order valence-corrected chi connectivity index (χ0v) is 19.3. The van der Waals surface area contributed by atoms with Crippen molar-refractivity contribution in [1.82, 2.24) is 14.6 Å². The number of nitrogens with zero attached hydrogens (tertiary/aromatic N) is 3. The van der Waals surface area contributed by atoms with Crippen LogP contribution in [0.3, 0.4) is 0 Å². The highest BCUT2D eigenvalue weighted by molar-refractivity contribution is 7.84. The molecule has 1 aromatic heterocycles. The van der Waals surface area contributed by atoms with Crippen LogP contribution in [0.4, 0.5) is 5.13 Å². The largest absolute Gasteiger partial charge is 0.490 e. The van der Waals surface area contributed by atoms with Crippen LogP contribution in [0.1, 0.15) is 18.2 Å².